The minimum absolute atomic E-state index is 0.205. The van der Waals surface area contributed by atoms with Gasteiger partial charge in [0.1, 0.15) is 0 Å². The highest BCUT2D eigenvalue weighted by molar-refractivity contribution is 5.83. The summed E-state index contributed by atoms with van der Waals surface area (Å²) in [5, 5.41) is 6.49. The van der Waals surface area contributed by atoms with Crippen molar-refractivity contribution in [3.05, 3.63) is 30.3 Å². The van der Waals surface area contributed by atoms with Crippen LogP contribution in [0.5, 0.6) is 0 Å². The minimum Gasteiger partial charge on any atom is -0.373 e. The van der Waals surface area contributed by atoms with Crippen molar-refractivity contribution in [2.45, 2.75) is 26.2 Å². The lowest BCUT2D eigenvalue weighted by atomic mass is 9.77. The van der Waals surface area contributed by atoms with E-state index in [9.17, 15) is 4.79 Å². The predicted octanol–water partition coefficient (Wildman–Crippen LogP) is 2.02. The second-order valence-corrected chi connectivity index (χ2v) is 5.93. The molecule has 0 radical (unpaired) electrons. The monoisotopic (exact) mass is 289 g/mol. The maximum atomic E-state index is 12.5. The molecule has 0 aromatic heterocycles. The highest BCUT2D eigenvalue weighted by atomic mass is 16.2. The lowest BCUT2D eigenvalue weighted by molar-refractivity contribution is -0.132. The van der Waals surface area contributed by atoms with E-state index in [1.807, 2.05) is 18.2 Å². The first-order chi connectivity index (χ1) is 10.2. The van der Waals surface area contributed by atoms with Gasteiger partial charge >= 0.3 is 0 Å². The first kappa shape index (κ1) is 15.8. The van der Waals surface area contributed by atoms with E-state index in [1.54, 1.807) is 0 Å². The molecule has 4 nitrogen and oxygen atoms in total. The summed E-state index contributed by atoms with van der Waals surface area (Å²) >= 11 is 0. The van der Waals surface area contributed by atoms with Gasteiger partial charge in [-0.15, -0.1) is 0 Å². The second-order valence-electron chi connectivity index (χ2n) is 5.93. The van der Waals surface area contributed by atoms with E-state index >= 15 is 0 Å². The number of carbonyl (C=O) groups is 1. The Morgan fingerprint density at radius 2 is 2.14 bits per heavy atom. The molecule has 1 aliphatic heterocycles. The molecule has 2 rings (SSSR count). The third-order valence-corrected chi connectivity index (χ3v) is 4.56. The van der Waals surface area contributed by atoms with E-state index in [0.29, 0.717) is 6.54 Å². The molecule has 1 saturated heterocycles. The van der Waals surface area contributed by atoms with E-state index in [0.717, 1.165) is 38.9 Å². The van der Waals surface area contributed by atoms with Crippen LogP contribution < -0.4 is 15.5 Å². The minimum atomic E-state index is -0.205. The molecule has 4 heteroatoms. The number of carbonyl (C=O) groups excluding carboxylic acids is 1. The third-order valence-electron chi connectivity index (χ3n) is 4.56. The van der Waals surface area contributed by atoms with Crippen LogP contribution in [-0.2, 0) is 4.79 Å². The van der Waals surface area contributed by atoms with Crippen LogP contribution in [-0.4, -0.2) is 39.1 Å². The lowest BCUT2D eigenvalue weighted by Crippen LogP contribution is -2.51. The SMILES string of the molecule is CCC1(C(=O)NCCN(C)c2ccccc2)CCCNC1. The topological polar surface area (TPSA) is 44.4 Å². The number of rotatable bonds is 6. The molecular weight excluding hydrogens is 262 g/mol. The molecule has 1 unspecified atom stereocenters. The number of hydrogen-bond donors (Lipinski definition) is 2. The van der Waals surface area contributed by atoms with Crippen molar-refractivity contribution in [1.82, 2.24) is 10.6 Å². The first-order valence-electron chi connectivity index (χ1n) is 7.93. The van der Waals surface area contributed by atoms with Crippen LogP contribution in [0.3, 0.4) is 0 Å². The highest BCUT2D eigenvalue weighted by Crippen LogP contribution is 2.30. The standard InChI is InChI=1S/C17H27N3O/c1-3-17(10-7-11-18-14-17)16(21)19-12-13-20(2)15-8-5-4-6-9-15/h4-6,8-9,18H,3,7,10-14H2,1-2H3,(H,19,21). The zero-order valence-electron chi connectivity index (χ0n) is 13.2. The highest BCUT2D eigenvalue weighted by Gasteiger charge is 2.37. The van der Waals surface area contributed by atoms with Crippen molar-refractivity contribution in [2.24, 2.45) is 5.41 Å². The first-order valence-corrected chi connectivity index (χ1v) is 7.93. The molecule has 116 valence electrons. The predicted molar refractivity (Wildman–Crippen MR) is 87.5 cm³/mol. The molecule has 0 bridgehead atoms. The Balaban J connectivity index is 1.81. The van der Waals surface area contributed by atoms with E-state index in [-0.39, 0.29) is 11.3 Å². The molecule has 1 aromatic carbocycles. The molecule has 2 N–H and O–H groups in total. The molecule has 1 heterocycles. The summed E-state index contributed by atoms with van der Waals surface area (Å²) in [4.78, 5) is 14.7. The van der Waals surface area contributed by atoms with Gasteiger partial charge in [-0.1, -0.05) is 25.1 Å². The maximum absolute atomic E-state index is 12.5. The molecule has 0 spiro atoms. The zero-order valence-corrected chi connectivity index (χ0v) is 13.2. The van der Waals surface area contributed by atoms with Crippen LogP contribution in [0.25, 0.3) is 0 Å². The van der Waals surface area contributed by atoms with Gasteiger partial charge in [0.05, 0.1) is 5.41 Å². The molecule has 21 heavy (non-hydrogen) atoms. The fourth-order valence-electron chi connectivity index (χ4n) is 2.96. The summed E-state index contributed by atoms with van der Waals surface area (Å²) in [5.41, 5.74) is 0.972. The van der Waals surface area contributed by atoms with Gasteiger partial charge in [-0.05, 0) is 37.9 Å². The second kappa shape index (κ2) is 7.46. The number of hydrogen-bond acceptors (Lipinski definition) is 3. The quantitative estimate of drug-likeness (QED) is 0.842. The zero-order chi connectivity index (χ0) is 15.1. The number of para-hydroxylation sites is 1. The smallest absolute Gasteiger partial charge is 0.227 e. The average molecular weight is 289 g/mol. The van der Waals surface area contributed by atoms with Crippen molar-refractivity contribution >= 4 is 11.6 Å². The summed E-state index contributed by atoms with van der Waals surface area (Å²) < 4.78 is 0. The van der Waals surface area contributed by atoms with Crippen molar-refractivity contribution in [3.63, 3.8) is 0 Å². The largest absolute Gasteiger partial charge is 0.373 e. The number of amides is 1. The van der Waals surface area contributed by atoms with Gasteiger partial charge < -0.3 is 15.5 Å². The number of piperidine rings is 1. The van der Waals surface area contributed by atoms with Crippen molar-refractivity contribution < 1.29 is 4.79 Å². The number of nitrogens with one attached hydrogen (secondary N) is 2. The third kappa shape index (κ3) is 3.97. The Morgan fingerprint density at radius 1 is 1.38 bits per heavy atom. The average Bonchev–Trinajstić information content (AvgIpc) is 2.56. The summed E-state index contributed by atoms with van der Waals surface area (Å²) in [6, 6.07) is 10.2. The molecule has 1 aliphatic rings. The number of anilines is 1. The number of benzene rings is 1. The van der Waals surface area contributed by atoms with Crippen molar-refractivity contribution in [3.8, 4) is 0 Å². The summed E-state index contributed by atoms with van der Waals surface area (Å²) in [6.07, 6.45) is 2.99. The molecule has 1 atom stereocenters. The van der Waals surface area contributed by atoms with Crippen LogP contribution >= 0.6 is 0 Å². The van der Waals surface area contributed by atoms with Gasteiger partial charge in [-0.3, -0.25) is 4.79 Å². The summed E-state index contributed by atoms with van der Waals surface area (Å²) in [7, 11) is 2.05. The Hall–Kier alpha value is -1.55. The van der Waals surface area contributed by atoms with Gasteiger partial charge in [-0.2, -0.15) is 0 Å². The van der Waals surface area contributed by atoms with Crippen LogP contribution in [0.15, 0.2) is 30.3 Å². The fourth-order valence-corrected chi connectivity index (χ4v) is 2.96. The Labute approximate surface area is 127 Å². The molecule has 1 aromatic rings. The van der Waals surface area contributed by atoms with E-state index in [1.165, 1.54) is 5.69 Å². The van der Waals surface area contributed by atoms with Crippen LogP contribution in [0.2, 0.25) is 0 Å². The van der Waals surface area contributed by atoms with Crippen molar-refractivity contribution in [1.29, 1.82) is 0 Å². The van der Waals surface area contributed by atoms with Gasteiger partial charge in [0, 0.05) is 32.4 Å². The maximum Gasteiger partial charge on any atom is 0.227 e. The van der Waals surface area contributed by atoms with E-state index in [4.69, 9.17) is 0 Å². The Morgan fingerprint density at radius 3 is 2.76 bits per heavy atom. The van der Waals surface area contributed by atoms with E-state index in [2.05, 4.69) is 41.6 Å². The number of likely N-dealkylation sites (N-methyl/N-ethyl adjacent to an activating group) is 1. The van der Waals surface area contributed by atoms with Gasteiger partial charge in [0.2, 0.25) is 5.91 Å². The molecule has 1 amide bonds. The van der Waals surface area contributed by atoms with Gasteiger partial charge in [0.25, 0.3) is 0 Å². The van der Waals surface area contributed by atoms with Gasteiger partial charge in [0.15, 0.2) is 0 Å². The summed E-state index contributed by atoms with van der Waals surface area (Å²) in [6.45, 7) is 5.47. The van der Waals surface area contributed by atoms with Crippen LogP contribution in [0, 0.1) is 5.41 Å². The molecule has 1 fully saturated rings. The normalized spacial score (nSPS) is 21.8. The van der Waals surface area contributed by atoms with Crippen LogP contribution in [0.4, 0.5) is 5.69 Å². The summed E-state index contributed by atoms with van der Waals surface area (Å²) in [5.74, 6) is 0.207. The molecular formula is C17H27N3O. The number of nitrogens with zero attached hydrogens (tertiary/aromatic N) is 1. The Bertz CT molecular complexity index is 441. The lowest BCUT2D eigenvalue weighted by Gasteiger charge is -2.35. The Kier molecular flexibility index (Phi) is 5.62. The van der Waals surface area contributed by atoms with Crippen LogP contribution in [0.1, 0.15) is 26.2 Å². The van der Waals surface area contributed by atoms with E-state index < -0.39 is 0 Å². The fraction of sp³-hybridized carbons (Fsp3) is 0.588. The van der Waals surface area contributed by atoms with Crippen molar-refractivity contribution in [2.75, 3.05) is 38.1 Å². The molecule has 0 aliphatic carbocycles. The molecule has 0 saturated carbocycles. The van der Waals surface area contributed by atoms with Gasteiger partial charge in [-0.25, -0.2) is 0 Å².